The summed E-state index contributed by atoms with van der Waals surface area (Å²) >= 11 is 0. The molecule has 0 bridgehead atoms. The second-order valence-corrected chi connectivity index (χ2v) is 6.83. The van der Waals surface area contributed by atoms with Crippen molar-refractivity contribution in [1.29, 1.82) is 0 Å². The van der Waals surface area contributed by atoms with Gasteiger partial charge in [-0.3, -0.25) is 33.6 Å². The lowest BCUT2D eigenvalue weighted by atomic mass is 10.1. The Labute approximate surface area is 181 Å². The molecule has 15 nitrogen and oxygen atoms in total. The Morgan fingerprint density at radius 2 is 1.28 bits per heavy atom. The average molecular weight is 461 g/mol. The van der Waals surface area contributed by atoms with Crippen molar-refractivity contribution in [3.63, 3.8) is 0 Å². The number of hydrogen-bond acceptors (Lipinski definition) is 8. The van der Waals surface area contributed by atoms with Gasteiger partial charge in [0.05, 0.1) is 12.5 Å². The largest absolute Gasteiger partial charge is 0.481 e. The Morgan fingerprint density at radius 1 is 0.750 bits per heavy atom. The monoisotopic (exact) mass is 461 g/mol. The normalized spacial score (nSPS) is 14.2. The molecule has 0 aromatic heterocycles. The minimum atomic E-state index is -1.71. The van der Waals surface area contributed by atoms with Crippen molar-refractivity contribution >= 4 is 41.5 Å². The molecule has 0 aromatic carbocycles. The summed E-state index contributed by atoms with van der Waals surface area (Å²) in [5.41, 5.74) is 10.6. The fourth-order valence-electron chi connectivity index (χ4n) is 2.28. The van der Waals surface area contributed by atoms with E-state index in [0.717, 1.165) is 6.92 Å². The van der Waals surface area contributed by atoms with Gasteiger partial charge < -0.3 is 42.7 Å². The van der Waals surface area contributed by atoms with Crippen molar-refractivity contribution in [3.8, 4) is 0 Å². The molecule has 0 saturated heterocycles. The number of carboxylic acid groups (broad SMARTS) is 3. The number of primary amides is 1. The zero-order chi connectivity index (χ0) is 25.0. The minimum absolute atomic E-state index is 0.147. The molecule has 0 rings (SSSR count). The topological polar surface area (TPSA) is 268 Å². The third-order valence-corrected chi connectivity index (χ3v) is 4.06. The van der Waals surface area contributed by atoms with Gasteiger partial charge in [-0.15, -0.1) is 0 Å². The fourth-order valence-corrected chi connectivity index (χ4v) is 2.28. The van der Waals surface area contributed by atoms with E-state index in [0.29, 0.717) is 0 Å². The lowest BCUT2D eigenvalue weighted by Crippen LogP contribution is -2.57. The molecule has 0 spiro atoms. The van der Waals surface area contributed by atoms with Crippen LogP contribution in [0.4, 0.5) is 0 Å². The lowest BCUT2D eigenvalue weighted by Gasteiger charge is -2.23. The van der Waals surface area contributed by atoms with Crippen LogP contribution in [0.15, 0.2) is 0 Å². The first-order valence-corrected chi connectivity index (χ1v) is 9.36. The number of nitrogens with one attached hydrogen (secondary N) is 3. The summed E-state index contributed by atoms with van der Waals surface area (Å²) < 4.78 is 0. The molecular weight excluding hydrogens is 434 g/mol. The van der Waals surface area contributed by atoms with Gasteiger partial charge in [-0.2, -0.15) is 0 Å². The molecule has 0 aliphatic heterocycles. The van der Waals surface area contributed by atoms with Crippen molar-refractivity contribution in [2.24, 2.45) is 11.5 Å². The van der Waals surface area contributed by atoms with E-state index >= 15 is 0 Å². The first-order chi connectivity index (χ1) is 14.7. The number of carboxylic acids is 3. The highest BCUT2D eigenvalue weighted by molar-refractivity contribution is 5.95. The molecule has 10 N–H and O–H groups in total. The van der Waals surface area contributed by atoms with Crippen molar-refractivity contribution in [1.82, 2.24) is 16.0 Å². The molecule has 0 radical (unpaired) electrons. The van der Waals surface area contributed by atoms with E-state index in [9.17, 15) is 33.6 Å². The standard InChI is InChI=1S/C17H27N5O10/c1-7(17(31)32)20-16(30)10(6-13(26)27)22-15(29)9(3-5-12(24)25)21-14(28)8(18)2-4-11(19)23/h7-10H,2-6,18H2,1H3,(H2,19,23)(H,20,30)(H,21,28)(H,22,29)(H,24,25)(H,26,27)(H,31,32). The maximum Gasteiger partial charge on any atom is 0.325 e. The van der Waals surface area contributed by atoms with Crippen molar-refractivity contribution in [3.05, 3.63) is 0 Å². The summed E-state index contributed by atoms with van der Waals surface area (Å²) in [7, 11) is 0. The third-order valence-electron chi connectivity index (χ3n) is 4.06. The van der Waals surface area contributed by atoms with Crippen LogP contribution in [0.2, 0.25) is 0 Å². The van der Waals surface area contributed by atoms with Gasteiger partial charge in [-0.25, -0.2) is 0 Å². The Balaban J connectivity index is 5.41. The number of carbonyl (C=O) groups is 7. The predicted octanol–water partition coefficient (Wildman–Crippen LogP) is -3.52. The van der Waals surface area contributed by atoms with Crippen LogP contribution >= 0.6 is 0 Å². The molecule has 32 heavy (non-hydrogen) atoms. The Morgan fingerprint density at radius 3 is 1.75 bits per heavy atom. The average Bonchev–Trinajstić information content (AvgIpc) is 2.67. The van der Waals surface area contributed by atoms with Crippen molar-refractivity contribution < 1.29 is 48.9 Å². The Bertz CT molecular complexity index is 756. The van der Waals surface area contributed by atoms with E-state index in [4.69, 9.17) is 26.8 Å². The van der Waals surface area contributed by atoms with Crippen LogP contribution in [-0.4, -0.2) is 81.0 Å². The van der Waals surface area contributed by atoms with Gasteiger partial charge >= 0.3 is 17.9 Å². The predicted molar refractivity (Wildman–Crippen MR) is 105 cm³/mol. The molecule has 4 unspecified atom stereocenters. The van der Waals surface area contributed by atoms with Crippen LogP contribution in [0.5, 0.6) is 0 Å². The molecular formula is C17H27N5O10. The van der Waals surface area contributed by atoms with Gasteiger partial charge in [0.15, 0.2) is 0 Å². The summed E-state index contributed by atoms with van der Waals surface area (Å²) in [5, 5.41) is 32.9. The van der Waals surface area contributed by atoms with Gasteiger partial charge in [0.25, 0.3) is 0 Å². The number of nitrogens with two attached hydrogens (primary N) is 2. The number of hydrogen-bond donors (Lipinski definition) is 8. The second-order valence-electron chi connectivity index (χ2n) is 6.83. The van der Waals surface area contributed by atoms with Crippen LogP contribution < -0.4 is 27.4 Å². The van der Waals surface area contributed by atoms with Crippen LogP contribution in [-0.2, 0) is 33.6 Å². The number of carbonyl (C=O) groups excluding carboxylic acids is 4. The zero-order valence-corrected chi connectivity index (χ0v) is 17.2. The summed E-state index contributed by atoms with van der Waals surface area (Å²) in [6.45, 7) is 1.11. The minimum Gasteiger partial charge on any atom is -0.481 e. The van der Waals surface area contributed by atoms with Gasteiger partial charge in [0.1, 0.15) is 18.1 Å². The number of rotatable bonds is 15. The molecule has 4 atom stereocenters. The zero-order valence-electron chi connectivity index (χ0n) is 17.2. The maximum absolute atomic E-state index is 12.6. The van der Waals surface area contributed by atoms with Crippen LogP contribution in [0.25, 0.3) is 0 Å². The van der Waals surface area contributed by atoms with Gasteiger partial charge in [-0.05, 0) is 19.8 Å². The van der Waals surface area contributed by atoms with Crippen LogP contribution in [0.3, 0.4) is 0 Å². The first kappa shape index (κ1) is 28.2. The van der Waals surface area contributed by atoms with E-state index in [-0.39, 0.29) is 12.8 Å². The highest BCUT2D eigenvalue weighted by atomic mass is 16.4. The lowest BCUT2D eigenvalue weighted by molar-refractivity contribution is -0.143. The Kier molecular flexibility index (Phi) is 11.9. The molecule has 0 saturated carbocycles. The molecule has 4 amide bonds. The quantitative estimate of drug-likeness (QED) is 0.118. The first-order valence-electron chi connectivity index (χ1n) is 9.36. The van der Waals surface area contributed by atoms with Gasteiger partial charge in [0.2, 0.25) is 23.6 Å². The van der Waals surface area contributed by atoms with E-state index in [1.165, 1.54) is 0 Å². The number of amides is 4. The van der Waals surface area contributed by atoms with Gasteiger partial charge in [-0.1, -0.05) is 0 Å². The number of aliphatic carboxylic acids is 3. The molecule has 0 aliphatic carbocycles. The molecule has 0 fully saturated rings. The van der Waals surface area contributed by atoms with Crippen LogP contribution in [0, 0.1) is 0 Å². The molecule has 0 aliphatic rings. The fraction of sp³-hybridized carbons (Fsp3) is 0.588. The van der Waals surface area contributed by atoms with Crippen LogP contribution in [0.1, 0.15) is 39.0 Å². The molecule has 0 heterocycles. The summed E-state index contributed by atoms with van der Waals surface area (Å²) in [4.78, 5) is 80.5. The summed E-state index contributed by atoms with van der Waals surface area (Å²) in [6.07, 6.45) is -2.28. The van der Waals surface area contributed by atoms with E-state index in [1.807, 2.05) is 5.32 Å². The van der Waals surface area contributed by atoms with E-state index in [1.54, 1.807) is 0 Å². The molecule has 0 aromatic rings. The maximum atomic E-state index is 12.6. The molecule has 15 heteroatoms. The van der Waals surface area contributed by atoms with Gasteiger partial charge in [0, 0.05) is 12.8 Å². The molecule has 180 valence electrons. The summed E-state index contributed by atoms with van der Waals surface area (Å²) in [6, 6.07) is -5.87. The highest BCUT2D eigenvalue weighted by Crippen LogP contribution is 2.04. The Hall–Kier alpha value is -3.75. The second kappa shape index (κ2) is 13.5. The van der Waals surface area contributed by atoms with Crippen molar-refractivity contribution in [2.75, 3.05) is 0 Å². The summed E-state index contributed by atoms with van der Waals surface area (Å²) in [5.74, 6) is -8.03. The smallest absolute Gasteiger partial charge is 0.325 e. The van der Waals surface area contributed by atoms with E-state index < -0.39 is 85.0 Å². The van der Waals surface area contributed by atoms with E-state index in [2.05, 4.69) is 10.6 Å². The van der Waals surface area contributed by atoms with Crippen molar-refractivity contribution in [2.45, 2.75) is 63.2 Å². The SMILES string of the molecule is CC(NC(=O)C(CC(=O)O)NC(=O)C(CCC(=O)O)NC(=O)C(N)CCC(N)=O)C(=O)O. The highest BCUT2D eigenvalue weighted by Gasteiger charge is 2.31. The third kappa shape index (κ3) is 11.4.